The second-order valence-electron chi connectivity index (χ2n) is 8.17. The third-order valence-corrected chi connectivity index (χ3v) is 5.93. The number of rotatable bonds is 6. The molecule has 0 radical (unpaired) electrons. The summed E-state index contributed by atoms with van der Waals surface area (Å²) in [5.41, 5.74) is 2.92. The number of amides is 1. The summed E-state index contributed by atoms with van der Waals surface area (Å²) in [5, 5.41) is 11.4. The average Bonchev–Trinajstić information content (AvgIpc) is 3.25. The molecule has 0 saturated carbocycles. The number of piperidine rings is 1. The predicted molar refractivity (Wildman–Crippen MR) is 134 cm³/mol. The maximum atomic E-state index is 13.0. The van der Waals surface area contributed by atoms with Crippen LogP contribution in [0, 0.1) is 0 Å². The van der Waals surface area contributed by atoms with Gasteiger partial charge in [-0.15, -0.1) is 0 Å². The van der Waals surface area contributed by atoms with E-state index in [0.717, 1.165) is 48.3 Å². The molecule has 1 saturated heterocycles. The quantitative estimate of drug-likeness (QED) is 0.283. The maximum Gasteiger partial charge on any atom is 0.272 e. The van der Waals surface area contributed by atoms with Crippen molar-refractivity contribution in [1.29, 1.82) is 0 Å². The molecule has 1 aliphatic rings. The van der Waals surface area contributed by atoms with Crippen molar-refractivity contribution >= 4 is 39.8 Å². The number of para-hydroxylation sites is 1. The maximum absolute atomic E-state index is 13.0. The zero-order chi connectivity index (χ0) is 22.6. The van der Waals surface area contributed by atoms with Gasteiger partial charge in [-0.3, -0.25) is 4.79 Å². The largest absolute Gasteiger partial charge is 0.457 e. The highest BCUT2D eigenvalue weighted by Crippen LogP contribution is 2.30. The first-order chi connectivity index (χ1) is 16.1. The van der Waals surface area contributed by atoms with Crippen molar-refractivity contribution < 1.29 is 9.53 Å². The van der Waals surface area contributed by atoms with Gasteiger partial charge in [-0.2, -0.15) is 0 Å². The Labute approximate surface area is 197 Å². The minimum atomic E-state index is -0.230. The summed E-state index contributed by atoms with van der Waals surface area (Å²) >= 11 is 6.36. The number of nitrogens with one attached hydrogen (secondary N) is 4. The smallest absolute Gasteiger partial charge is 0.272 e. The summed E-state index contributed by atoms with van der Waals surface area (Å²) in [7, 11) is 0. The van der Waals surface area contributed by atoms with Crippen molar-refractivity contribution in [3.63, 3.8) is 0 Å². The van der Waals surface area contributed by atoms with Crippen LogP contribution in [0.4, 0.5) is 11.4 Å². The number of hydrogen-bond acceptors (Lipinski definition) is 4. The second-order valence-corrected chi connectivity index (χ2v) is 8.60. The average molecular weight is 461 g/mol. The molecule has 3 aromatic carbocycles. The van der Waals surface area contributed by atoms with E-state index in [1.807, 2.05) is 66.7 Å². The van der Waals surface area contributed by atoms with E-state index < -0.39 is 0 Å². The van der Waals surface area contributed by atoms with E-state index in [-0.39, 0.29) is 5.91 Å². The number of hydrogen-bond donors (Lipinski definition) is 4. The number of carbonyl (C=O) groups excluding carboxylic acids is 1. The molecule has 1 amide bonds. The van der Waals surface area contributed by atoms with Gasteiger partial charge in [0, 0.05) is 28.2 Å². The number of ether oxygens (including phenoxy) is 1. The Morgan fingerprint density at radius 2 is 1.73 bits per heavy atom. The SMILES string of the molecule is O=C(Nc1cccc(Oc2ccccc2)c1)c1cc2cc(Cl)cc(NC3CCNCC3)c2[nH]1. The number of aromatic amines is 1. The van der Waals surface area contributed by atoms with Crippen molar-refractivity contribution in [2.75, 3.05) is 23.7 Å². The molecule has 168 valence electrons. The first-order valence-electron chi connectivity index (χ1n) is 11.1. The zero-order valence-corrected chi connectivity index (χ0v) is 18.8. The van der Waals surface area contributed by atoms with Crippen LogP contribution in [0.2, 0.25) is 5.02 Å². The number of H-pyrrole nitrogens is 1. The van der Waals surface area contributed by atoms with Crippen LogP contribution in [-0.2, 0) is 0 Å². The minimum absolute atomic E-state index is 0.230. The van der Waals surface area contributed by atoms with E-state index in [1.54, 1.807) is 6.07 Å². The van der Waals surface area contributed by atoms with Gasteiger partial charge in [0.25, 0.3) is 5.91 Å². The topological polar surface area (TPSA) is 78.2 Å². The molecular weight excluding hydrogens is 436 g/mol. The van der Waals surface area contributed by atoms with Crippen LogP contribution < -0.4 is 20.7 Å². The second kappa shape index (κ2) is 9.57. The first kappa shape index (κ1) is 21.4. The van der Waals surface area contributed by atoms with Crippen LogP contribution in [0.3, 0.4) is 0 Å². The molecule has 1 fully saturated rings. The number of carbonyl (C=O) groups is 1. The van der Waals surface area contributed by atoms with Crippen molar-refractivity contribution in [3.8, 4) is 11.5 Å². The Kier molecular flexibility index (Phi) is 6.19. The van der Waals surface area contributed by atoms with Gasteiger partial charge in [0.1, 0.15) is 17.2 Å². The van der Waals surface area contributed by atoms with Gasteiger partial charge in [0.15, 0.2) is 0 Å². The fourth-order valence-electron chi connectivity index (χ4n) is 4.09. The molecule has 0 unspecified atom stereocenters. The Hall–Kier alpha value is -3.48. The lowest BCUT2D eigenvalue weighted by Crippen LogP contribution is -2.35. The lowest BCUT2D eigenvalue weighted by Gasteiger charge is -2.25. The summed E-state index contributed by atoms with van der Waals surface area (Å²) in [4.78, 5) is 16.3. The number of aromatic nitrogens is 1. The summed E-state index contributed by atoms with van der Waals surface area (Å²) in [5.74, 6) is 1.16. The lowest BCUT2D eigenvalue weighted by molar-refractivity contribution is 0.102. The third-order valence-electron chi connectivity index (χ3n) is 5.71. The van der Waals surface area contributed by atoms with Gasteiger partial charge in [0.2, 0.25) is 0 Å². The van der Waals surface area contributed by atoms with Crippen LogP contribution in [-0.4, -0.2) is 30.0 Å². The molecule has 1 aromatic heterocycles. The van der Waals surface area contributed by atoms with E-state index in [0.29, 0.717) is 28.2 Å². The van der Waals surface area contributed by atoms with Gasteiger partial charge >= 0.3 is 0 Å². The van der Waals surface area contributed by atoms with E-state index >= 15 is 0 Å². The third kappa shape index (κ3) is 5.13. The predicted octanol–water partition coefficient (Wildman–Crippen LogP) is 6.03. The number of fused-ring (bicyclic) bond motifs is 1. The summed E-state index contributed by atoms with van der Waals surface area (Å²) < 4.78 is 5.87. The Balaban J connectivity index is 1.34. The fraction of sp³-hybridized carbons (Fsp3) is 0.192. The molecule has 33 heavy (non-hydrogen) atoms. The van der Waals surface area contributed by atoms with E-state index in [9.17, 15) is 4.79 Å². The highest BCUT2D eigenvalue weighted by Gasteiger charge is 2.17. The minimum Gasteiger partial charge on any atom is -0.457 e. The van der Waals surface area contributed by atoms with Gasteiger partial charge in [-0.25, -0.2) is 0 Å². The van der Waals surface area contributed by atoms with E-state index in [4.69, 9.17) is 16.3 Å². The zero-order valence-electron chi connectivity index (χ0n) is 18.0. The van der Waals surface area contributed by atoms with Gasteiger partial charge in [-0.1, -0.05) is 35.9 Å². The molecule has 5 rings (SSSR count). The molecule has 7 heteroatoms. The number of anilines is 2. The molecule has 0 bridgehead atoms. The van der Waals surface area contributed by atoms with Crippen molar-refractivity contribution in [2.45, 2.75) is 18.9 Å². The molecule has 0 atom stereocenters. The molecule has 4 N–H and O–H groups in total. The normalized spacial score (nSPS) is 14.2. The lowest BCUT2D eigenvalue weighted by atomic mass is 10.1. The van der Waals surface area contributed by atoms with Gasteiger partial charge in [-0.05, 0) is 68.4 Å². The highest BCUT2D eigenvalue weighted by molar-refractivity contribution is 6.32. The van der Waals surface area contributed by atoms with Crippen LogP contribution in [0.25, 0.3) is 10.9 Å². The molecule has 0 aliphatic carbocycles. The monoisotopic (exact) mass is 460 g/mol. The van der Waals surface area contributed by atoms with Crippen LogP contribution >= 0.6 is 11.6 Å². The Morgan fingerprint density at radius 1 is 0.939 bits per heavy atom. The van der Waals surface area contributed by atoms with Crippen molar-refractivity contribution in [2.24, 2.45) is 0 Å². The van der Waals surface area contributed by atoms with E-state index in [2.05, 4.69) is 20.9 Å². The van der Waals surface area contributed by atoms with Gasteiger partial charge in [0.05, 0.1) is 11.2 Å². The van der Waals surface area contributed by atoms with Crippen molar-refractivity contribution in [1.82, 2.24) is 10.3 Å². The summed E-state index contributed by atoms with van der Waals surface area (Å²) in [6.45, 7) is 1.99. The van der Waals surface area contributed by atoms with Crippen LogP contribution in [0.15, 0.2) is 72.8 Å². The standard InChI is InChI=1S/C26H25ClN4O2/c27-18-13-17-14-24(31-25(17)23(15-18)29-19-9-11-28-12-10-19)26(32)30-20-5-4-8-22(16-20)33-21-6-2-1-3-7-21/h1-8,13-16,19,28-29,31H,9-12H2,(H,30,32). The van der Waals surface area contributed by atoms with Gasteiger partial charge < -0.3 is 25.7 Å². The Morgan fingerprint density at radius 3 is 2.55 bits per heavy atom. The fourth-order valence-corrected chi connectivity index (χ4v) is 4.32. The Bertz CT molecular complexity index is 1270. The summed E-state index contributed by atoms with van der Waals surface area (Å²) in [6.07, 6.45) is 2.09. The molecule has 6 nitrogen and oxygen atoms in total. The van der Waals surface area contributed by atoms with Crippen molar-refractivity contribution in [3.05, 3.63) is 83.5 Å². The first-order valence-corrected chi connectivity index (χ1v) is 11.5. The molecule has 0 spiro atoms. The molecule has 1 aliphatic heterocycles. The number of benzene rings is 3. The molecule has 2 heterocycles. The molecule has 4 aromatic rings. The highest BCUT2D eigenvalue weighted by atomic mass is 35.5. The van der Waals surface area contributed by atoms with E-state index in [1.165, 1.54) is 0 Å². The van der Waals surface area contributed by atoms with Crippen LogP contribution in [0.1, 0.15) is 23.3 Å². The summed E-state index contributed by atoms with van der Waals surface area (Å²) in [6, 6.07) is 22.8. The van der Waals surface area contributed by atoms with Crippen LogP contribution in [0.5, 0.6) is 11.5 Å². The number of halogens is 1. The molecular formula is C26H25ClN4O2.